The molecule has 2 aromatic heterocycles. The van der Waals surface area contributed by atoms with Crippen LogP contribution in [0.15, 0.2) is 107 Å². The number of carbonyl (C=O) groups excluding carboxylic acids is 1. The van der Waals surface area contributed by atoms with Crippen LogP contribution in [0.25, 0.3) is 22.4 Å². The highest BCUT2D eigenvalue weighted by Gasteiger charge is 2.25. The van der Waals surface area contributed by atoms with Gasteiger partial charge in [0.05, 0.1) is 40.7 Å². The number of sulfonamides is 1. The van der Waals surface area contributed by atoms with E-state index in [9.17, 15) is 13.2 Å². The molecule has 0 aliphatic rings. The van der Waals surface area contributed by atoms with E-state index in [1.54, 1.807) is 55.5 Å². The molecule has 38 heavy (non-hydrogen) atoms. The number of ether oxygens (including phenoxy) is 1. The number of nitrogens with zero attached hydrogens (tertiary/aromatic N) is 2. The zero-order valence-electron chi connectivity index (χ0n) is 20.8. The predicted molar refractivity (Wildman–Crippen MR) is 147 cm³/mol. The third-order valence-corrected chi connectivity index (χ3v) is 7.97. The quantitative estimate of drug-likeness (QED) is 0.267. The summed E-state index contributed by atoms with van der Waals surface area (Å²) in [5, 5.41) is 3.49. The first-order valence-electron chi connectivity index (χ1n) is 11.9. The van der Waals surface area contributed by atoms with Gasteiger partial charge < -0.3 is 14.5 Å². The molecule has 0 atom stereocenters. The van der Waals surface area contributed by atoms with Crippen LogP contribution in [0.3, 0.4) is 0 Å². The second kappa shape index (κ2) is 10.4. The Morgan fingerprint density at radius 2 is 1.74 bits per heavy atom. The normalized spacial score (nSPS) is 11.3. The Hall–Kier alpha value is -4.63. The van der Waals surface area contributed by atoms with Crippen LogP contribution >= 0.6 is 0 Å². The fraction of sp³-hybridized carbons (Fsp3) is 0.103. The molecule has 0 fully saturated rings. The first kappa shape index (κ1) is 25.0. The number of carbonyl (C=O) groups is 1. The molecule has 0 radical (unpaired) electrons. The molecular formula is C29H25N3O5S. The van der Waals surface area contributed by atoms with Gasteiger partial charge >= 0.3 is 0 Å². The number of rotatable bonds is 8. The first-order valence-corrected chi connectivity index (χ1v) is 13.4. The Bertz CT molecular complexity index is 1700. The molecular weight excluding hydrogens is 502 g/mol. The van der Waals surface area contributed by atoms with E-state index in [1.807, 2.05) is 24.3 Å². The number of furan rings is 1. The van der Waals surface area contributed by atoms with Gasteiger partial charge in [-0.3, -0.25) is 9.10 Å². The Morgan fingerprint density at radius 1 is 0.974 bits per heavy atom. The van der Waals surface area contributed by atoms with E-state index in [2.05, 4.69) is 10.3 Å². The molecule has 1 N–H and O–H groups in total. The summed E-state index contributed by atoms with van der Waals surface area (Å²) in [4.78, 5) is 18.3. The Balaban J connectivity index is 1.55. The first-order chi connectivity index (χ1) is 18.4. The van der Waals surface area contributed by atoms with Crippen LogP contribution in [-0.2, 0) is 10.0 Å². The van der Waals surface area contributed by atoms with E-state index in [4.69, 9.17) is 9.15 Å². The van der Waals surface area contributed by atoms with Crippen molar-refractivity contribution in [3.8, 4) is 17.2 Å². The van der Waals surface area contributed by atoms with E-state index in [0.29, 0.717) is 39.4 Å². The van der Waals surface area contributed by atoms with Gasteiger partial charge in [0, 0.05) is 11.9 Å². The molecule has 3 aromatic carbocycles. The second-order valence-corrected chi connectivity index (χ2v) is 10.2. The molecule has 192 valence electrons. The van der Waals surface area contributed by atoms with Crippen molar-refractivity contribution < 1.29 is 22.4 Å². The van der Waals surface area contributed by atoms with E-state index >= 15 is 0 Å². The number of benzene rings is 3. The van der Waals surface area contributed by atoms with Gasteiger partial charge in [-0.25, -0.2) is 13.4 Å². The molecule has 5 aromatic rings. The summed E-state index contributed by atoms with van der Waals surface area (Å²) in [6, 6.07) is 25.7. The van der Waals surface area contributed by atoms with Crippen LogP contribution in [0.2, 0.25) is 0 Å². The highest BCUT2D eigenvalue weighted by atomic mass is 32.2. The van der Waals surface area contributed by atoms with Gasteiger partial charge in [-0.1, -0.05) is 36.4 Å². The molecule has 0 saturated heterocycles. The average molecular weight is 528 g/mol. The van der Waals surface area contributed by atoms with Crippen molar-refractivity contribution in [1.29, 1.82) is 0 Å². The summed E-state index contributed by atoms with van der Waals surface area (Å²) in [5.41, 5.74) is 2.25. The summed E-state index contributed by atoms with van der Waals surface area (Å²) >= 11 is 0. The lowest BCUT2D eigenvalue weighted by molar-refractivity contribution is 0.102. The highest BCUT2D eigenvalue weighted by molar-refractivity contribution is 7.92. The van der Waals surface area contributed by atoms with E-state index < -0.39 is 15.9 Å². The lowest BCUT2D eigenvalue weighted by Crippen LogP contribution is -2.30. The number of nitrogens with one attached hydrogen (secondary N) is 1. The number of para-hydroxylation sites is 2. The number of amides is 1. The van der Waals surface area contributed by atoms with Gasteiger partial charge in [0.15, 0.2) is 5.76 Å². The van der Waals surface area contributed by atoms with Crippen molar-refractivity contribution in [1.82, 2.24) is 4.98 Å². The third kappa shape index (κ3) is 4.71. The maximum absolute atomic E-state index is 13.6. The number of anilines is 2. The molecule has 2 heterocycles. The van der Waals surface area contributed by atoms with Crippen molar-refractivity contribution >= 4 is 38.2 Å². The topological polar surface area (TPSA) is 102 Å². The van der Waals surface area contributed by atoms with Crippen molar-refractivity contribution in [2.45, 2.75) is 11.8 Å². The lowest BCUT2D eigenvalue weighted by Gasteiger charge is -2.23. The fourth-order valence-electron chi connectivity index (χ4n) is 4.26. The van der Waals surface area contributed by atoms with Gasteiger partial charge in [0.2, 0.25) is 0 Å². The summed E-state index contributed by atoms with van der Waals surface area (Å²) in [6.45, 7) is 2.00. The Labute approximate surface area is 220 Å². The SMILES string of the molecule is CCN(c1ccccc1)S(=O)(=O)c1ccc(OC)c(NC(=O)c2cc(-c3ccco3)nc3ccccc23)c1. The molecule has 5 rings (SSSR count). The summed E-state index contributed by atoms with van der Waals surface area (Å²) in [7, 11) is -2.46. The molecule has 9 heteroatoms. The number of hydrogen-bond acceptors (Lipinski definition) is 6. The zero-order valence-corrected chi connectivity index (χ0v) is 21.6. The minimum absolute atomic E-state index is 0.0233. The number of aromatic nitrogens is 1. The number of methoxy groups -OCH3 is 1. The average Bonchev–Trinajstić information content (AvgIpc) is 3.48. The standard InChI is InChI=1S/C29H25N3O5S/c1-3-32(20-10-5-4-6-11-20)38(34,35)21-15-16-27(36-2)25(18-21)31-29(33)23-19-26(28-14-9-17-37-28)30-24-13-8-7-12-22(23)24/h4-19H,3H2,1-2H3,(H,31,33). The molecule has 0 unspecified atom stereocenters. The molecule has 8 nitrogen and oxygen atoms in total. The molecule has 0 aliphatic heterocycles. The van der Waals surface area contributed by atoms with Gasteiger partial charge in [-0.15, -0.1) is 0 Å². The van der Waals surface area contributed by atoms with E-state index in [0.717, 1.165) is 0 Å². The summed E-state index contributed by atoms with van der Waals surface area (Å²) < 4.78 is 39.4. The Kier molecular flexibility index (Phi) is 6.85. The monoisotopic (exact) mass is 527 g/mol. The molecule has 0 aliphatic carbocycles. The molecule has 1 amide bonds. The van der Waals surface area contributed by atoms with Gasteiger partial charge in [0.25, 0.3) is 15.9 Å². The molecule has 0 spiro atoms. The molecule has 0 saturated carbocycles. The Morgan fingerprint density at radius 3 is 2.45 bits per heavy atom. The van der Waals surface area contributed by atoms with Crippen LogP contribution in [0.5, 0.6) is 5.75 Å². The van der Waals surface area contributed by atoms with Crippen LogP contribution in [0, 0.1) is 0 Å². The van der Waals surface area contributed by atoms with E-state index in [1.165, 1.54) is 35.9 Å². The lowest BCUT2D eigenvalue weighted by atomic mass is 10.1. The van der Waals surface area contributed by atoms with Gasteiger partial charge in [-0.2, -0.15) is 0 Å². The second-order valence-electron chi connectivity index (χ2n) is 8.37. The van der Waals surface area contributed by atoms with Crippen molar-refractivity contribution in [2.75, 3.05) is 23.3 Å². The molecule has 0 bridgehead atoms. The van der Waals surface area contributed by atoms with Crippen LogP contribution in [0.1, 0.15) is 17.3 Å². The van der Waals surface area contributed by atoms with Gasteiger partial charge in [0.1, 0.15) is 11.4 Å². The van der Waals surface area contributed by atoms with Crippen molar-refractivity contribution in [3.63, 3.8) is 0 Å². The number of hydrogen-bond donors (Lipinski definition) is 1. The van der Waals surface area contributed by atoms with E-state index in [-0.39, 0.29) is 17.1 Å². The zero-order chi connectivity index (χ0) is 26.7. The smallest absolute Gasteiger partial charge is 0.264 e. The minimum Gasteiger partial charge on any atom is -0.495 e. The van der Waals surface area contributed by atoms with Crippen molar-refractivity contribution in [3.05, 3.63) is 103 Å². The predicted octanol–water partition coefficient (Wildman–Crippen LogP) is 5.97. The summed E-state index contributed by atoms with van der Waals surface area (Å²) in [6.07, 6.45) is 1.54. The third-order valence-electron chi connectivity index (χ3n) is 6.07. The van der Waals surface area contributed by atoms with Gasteiger partial charge in [-0.05, 0) is 61.5 Å². The highest BCUT2D eigenvalue weighted by Crippen LogP contribution is 2.32. The van der Waals surface area contributed by atoms with Crippen LogP contribution < -0.4 is 14.4 Å². The van der Waals surface area contributed by atoms with Crippen molar-refractivity contribution in [2.24, 2.45) is 0 Å². The van der Waals surface area contributed by atoms with Crippen LogP contribution in [0.4, 0.5) is 11.4 Å². The fourth-order valence-corrected chi connectivity index (χ4v) is 5.76. The minimum atomic E-state index is -3.92. The van der Waals surface area contributed by atoms with Crippen LogP contribution in [-0.4, -0.2) is 33.0 Å². The number of pyridine rings is 1. The largest absolute Gasteiger partial charge is 0.495 e. The maximum atomic E-state index is 13.6. The maximum Gasteiger partial charge on any atom is 0.264 e. The number of fused-ring (bicyclic) bond motifs is 1. The summed E-state index contributed by atoms with van der Waals surface area (Å²) in [5.74, 6) is 0.403.